The van der Waals surface area contributed by atoms with Crippen molar-refractivity contribution >= 4 is 0 Å². The summed E-state index contributed by atoms with van der Waals surface area (Å²) in [4.78, 5) is 4.38. The summed E-state index contributed by atoms with van der Waals surface area (Å²) in [6.45, 7) is 5.13. The normalized spacial score (nSPS) is 18.4. The van der Waals surface area contributed by atoms with Gasteiger partial charge >= 0.3 is 0 Å². The number of halogens is 1. The first-order valence-corrected chi connectivity index (χ1v) is 13.6. The van der Waals surface area contributed by atoms with E-state index in [9.17, 15) is 4.39 Å². The molecule has 1 aromatic carbocycles. The van der Waals surface area contributed by atoms with Gasteiger partial charge in [-0.05, 0) is 49.5 Å². The van der Waals surface area contributed by atoms with Crippen molar-refractivity contribution in [3.8, 4) is 17.0 Å². The molecule has 182 valence electrons. The van der Waals surface area contributed by atoms with E-state index >= 15 is 0 Å². The molecule has 1 aromatic heterocycles. The largest absolute Gasteiger partial charge is 0.492 e. The molecule has 2 aromatic rings. The van der Waals surface area contributed by atoms with E-state index in [2.05, 4.69) is 31.0 Å². The predicted molar refractivity (Wildman–Crippen MR) is 137 cm³/mol. The van der Waals surface area contributed by atoms with Crippen LogP contribution in [0.4, 0.5) is 4.39 Å². The van der Waals surface area contributed by atoms with E-state index in [1.54, 1.807) is 6.20 Å². The van der Waals surface area contributed by atoms with Crippen LogP contribution in [0.15, 0.2) is 36.5 Å². The molecule has 0 unspecified atom stereocenters. The third kappa shape index (κ3) is 8.43. The van der Waals surface area contributed by atoms with Crippen LogP contribution >= 0.6 is 0 Å². The summed E-state index contributed by atoms with van der Waals surface area (Å²) in [5.74, 6) is 1.79. The molecule has 0 aliphatic heterocycles. The van der Waals surface area contributed by atoms with Gasteiger partial charge in [-0.1, -0.05) is 95.9 Å². The van der Waals surface area contributed by atoms with E-state index in [1.165, 1.54) is 95.1 Å². The Bertz CT molecular complexity index is 795. The standard InChI is InChI=1S/C30H44FNO/c1-3-5-7-8-9-11-21-33-28-22-29(31)30(32-23-28)27-19-17-26(18-20-27)25-15-13-24(14-16-25)12-10-6-4-2/h17-20,22-25H,3-16,21H2,1-2H3. The highest BCUT2D eigenvalue weighted by molar-refractivity contribution is 5.60. The van der Waals surface area contributed by atoms with Crippen LogP contribution in [-0.2, 0) is 0 Å². The number of unbranched alkanes of at least 4 members (excludes halogenated alkanes) is 7. The van der Waals surface area contributed by atoms with Gasteiger partial charge in [-0.25, -0.2) is 9.37 Å². The van der Waals surface area contributed by atoms with Crippen molar-refractivity contribution in [2.75, 3.05) is 6.61 Å². The Kier molecular flexibility index (Phi) is 11.2. The van der Waals surface area contributed by atoms with Crippen molar-refractivity contribution in [1.82, 2.24) is 4.98 Å². The van der Waals surface area contributed by atoms with E-state index in [-0.39, 0.29) is 5.82 Å². The Morgan fingerprint density at radius 1 is 0.848 bits per heavy atom. The van der Waals surface area contributed by atoms with Crippen LogP contribution in [0.5, 0.6) is 5.75 Å². The van der Waals surface area contributed by atoms with Crippen LogP contribution in [-0.4, -0.2) is 11.6 Å². The second kappa shape index (κ2) is 14.4. The highest BCUT2D eigenvalue weighted by atomic mass is 19.1. The Morgan fingerprint density at radius 2 is 1.52 bits per heavy atom. The number of hydrogen-bond acceptors (Lipinski definition) is 2. The third-order valence-electron chi connectivity index (χ3n) is 7.30. The fourth-order valence-electron chi connectivity index (χ4n) is 5.16. The van der Waals surface area contributed by atoms with Crippen molar-refractivity contribution in [3.63, 3.8) is 0 Å². The molecule has 0 atom stereocenters. The molecule has 3 heteroatoms. The molecule has 1 saturated carbocycles. The molecule has 33 heavy (non-hydrogen) atoms. The number of nitrogens with zero attached hydrogens (tertiary/aromatic N) is 1. The van der Waals surface area contributed by atoms with Gasteiger partial charge in [0.2, 0.25) is 0 Å². The molecule has 0 amide bonds. The van der Waals surface area contributed by atoms with E-state index in [4.69, 9.17) is 4.74 Å². The van der Waals surface area contributed by atoms with E-state index in [0.29, 0.717) is 24.0 Å². The van der Waals surface area contributed by atoms with Crippen LogP contribution in [0.25, 0.3) is 11.3 Å². The zero-order valence-electron chi connectivity index (χ0n) is 21.0. The first kappa shape index (κ1) is 25.7. The Hall–Kier alpha value is -1.90. The molecule has 0 radical (unpaired) electrons. The Morgan fingerprint density at radius 3 is 2.21 bits per heavy atom. The molecular formula is C30H44FNO. The van der Waals surface area contributed by atoms with Gasteiger partial charge < -0.3 is 4.74 Å². The molecule has 1 aliphatic rings. The average molecular weight is 454 g/mol. The summed E-state index contributed by atoms with van der Waals surface area (Å²) in [7, 11) is 0. The topological polar surface area (TPSA) is 22.1 Å². The molecule has 1 fully saturated rings. The van der Waals surface area contributed by atoms with Crippen molar-refractivity contribution in [3.05, 3.63) is 47.9 Å². The fourth-order valence-corrected chi connectivity index (χ4v) is 5.16. The quantitative estimate of drug-likeness (QED) is 0.266. The smallest absolute Gasteiger partial charge is 0.153 e. The van der Waals surface area contributed by atoms with E-state index < -0.39 is 0 Å². The van der Waals surface area contributed by atoms with Crippen LogP contribution < -0.4 is 4.74 Å². The maximum atomic E-state index is 14.7. The number of rotatable bonds is 14. The van der Waals surface area contributed by atoms with Gasteiger partial charge in [0.25, 0.3) is 0 Å². The fraction of sp³-hybridized carbons (Fsp3) is 0.633. The number of benzene rings is 1. The Balaban J connectivity index is 1.46. The van der Waals surface area contributed by atoms with Gasteiger partial charge in [-0.15, -0.1) is 0 Å². The lowest BCUT2D eigenvalue weighted by Gasteiger charge is -2.29. The number of hydrogen-bond donors (Lipinski definition) is 0. The van der Waals surface area contributed by atoms with Crippen molar-refractivity contribution in [2.45, 2.75) is 110 Å². The molecular weight excluding hydrogens is 409 g/mol. The van der Waals surface area contributed by atoms with Gasteiger partial charge in [0.1, 0.15) is 11.4 Å². The molecule has 0 spiro atoms. The Labute approximate surface area is 201 Å². The SMILES string of the molecule is CCCCCCCCOc1cnc(-c2ccc(C3CCC(CCCCC)CC3)cc2)c(F)c1. The number of aromatic nitrogens is 1. The summed E-state index contributed by atoms with van der Waals surface area (Å²) in [5, 5.41) is 0. The highest BCUT2D eigenvalue weighted by Crippen LogP contribution is 2.38. The monoisotopic (exact) mass is 453 g/mol. The maximum absolute atomic E-state index is 14.7. The second-order valence-electron chi connectivity index (χ2n) is 9.95. The minimum absolute atomic E-state index is 0.309. The van der Waals surface area contributed by atoms with Gasteiger partial charge in [-0.3, -0.25) is 0 Å². The van der Waals surface area contributed by atoms with Crippen LogP contribution in [0, 0.1) is 11.7 Å². The second-order valence-corrected chi connectivity index (χ2v) is 9.95. The lowest BCUT2D eigenvalue weighted by atomic mass is 9.77. The lowest BCUT2D eigenvalue weighted by molar-refractivity contribution is 0.301. The van der Waals surface area contributed by atoms with E-state index in [0.717, 1.165) is 17.9 Å². The lowest BCUT2D eigenvalue weighted by Crippen LogP contribution is -2.13. The zero-order valence-corrected chi connectivity index (χ0v) is 21.0. The summed E-state index contributed by atoms with van der Waals surface area (Å²) in [5.41, 5.74) is 2.64. The summed E-state index contributed by atoms with van der Waals surface area (Å²) in [6.07, 6.45) is 19.7. The average Bonchev–Trinajstić information content (AvgIpc) is 2.84. The number of pyridine rings is 1. The zero-order chi connectivity index (χ0) is 23.3. The molecule has 3 rings (SSSR count). The maximum Gasteiger partial charge on any atom is 0.153 e. The van der Waals surface area contributed by atoms with Crippen LogP contribution in [0.1, 0.15) is 115 Å². The minimum atomic E-state index is -0.309. The molecule has 1 heterocycles. The van der Waals surface area contributed by atoms with Crippen LogP contribution in [0.3, 0.4) is 0 Å². The molecule has 0 N–H and O–H groups in total. The number of ether oxygens (including phenoxy) is 1. The first-order chi connectivity index (χ1) is 16.2. The summed E-state index contributed by atoms with van der Waals surface area (Å²) < 4.78 is 20.5. The third-order valence-corrected chi connectivity index (χ3v) is 7.30. The van der Waals surface area contributed by atoms with Gasteiger partial charge in [0, 0.05) is 11.6 Å². The van der Waals surface area contributed by atoms with Crippen molar-refractivity contribution < 1.29 is 9.13 Å². The molecule has 0 bridgehead atoms. The van der Waals surface area contributed by atoms with Crippen molar-refractivity contribution in [1.29, 1.82) is 0 Å². The summed E-state index contributed by atoms with van der Waals surface area (Å²) in [6, 6.07) is 9.91. The predicted octanol–water partition coefficient (Wildman–Crippen LogP) is 9.48. The first-order valence-electron chi connectivity index (χ1n) is 13.6. The van der Waals surface area contributed by atoms with Crippen LogP contribution in [0.2, 0.25) is 0 Å². The molecule has 2 nitrogen and oxygen atoms in total. The molecule has 1 aliphatic carbocycles. The summed E-state index contributed by atoms with van der Waals surface area (Å²) >= 11 is 0. The molecule has 0 saturated heterocycles. The van der Waals surface area contributed by atoms with Gasteiger partial charge in [0.15, 0.2) is 5.82 Å². The highest BCUT2D eigenvalue weighted by Gasteiger charge is 2.22. The van der Waals surface area contributed by atoms with Gasteiger partial charge in [-0.2, -0.15) is 0 Å². The van der Waals surface area contributed by atoms with E-state index in [1.807, 2.05) is 12.1 Å². The minimum Gasteiger partial charge on any atom is -0.492 e. The van der Waals surface area contributed by atoms with Gasteiger partial charge in [0.05, 0.1) is 12.8 Å². The van der Waals surface area contributed by atoms with Crippen molar-refractivity contribution in [2.24, 2.45) is 5.92 Å².